The molecule has 6 heteroatoms. The van der Waals surface area contributed by atoms with Crippen LogP contribution in [0, 0.1) is 29.1 Å². The molecule has 1 saturated carbocycles. The maximum atomic E-state index is 10.1. The van der Waals surface area contributed by atoms with Gasteiger partial charge < -0.3 is 28.8 Å². The minimum atomic E-state index is -0.668. The molecule has 0 aromatic rings. The molecule has 4 aliphatic rings. The molecule has 1 aliphatic carbocycles. The predicted octanol–water partition coefficient (Wildman–Crippen LogP) is 4.55. The smallest absolute Gasteiger partial charge is 0.184 e. The molecular weight excluding hydrogens is 420 g/mol. The normalized spacial score (nSPS) is 39.4. The molecule has 6 nitrogen and oxygen atoms in total. The second kappa shape index (κ2) is 11.7. The van der Waals surface area contributed by atoms with Crippen LogP contribution in [0.15, 0.2) is 12.2 Å². The Balaban J connectivity index is 1.40. The Labute approximate surface area is 199 Å². The summed E-state index contributed by atoms with van der Waals surface area (Å²) >= 11 is 0. The van der Waals surface area contributed by atoms with Crippen molar-refractivity contribution in [1.82, 2.24) is 0 Å². The van der Waals surface area contributed by atoms with Gasteiger partial charge in [-0.1, -0.05) is 26.0 Å². The largest absolute Gasteiger partial charge is 0.368 e. The van der Waals surface area contributed by atoms with E-state index in [2.05, 4.69) is 37.8 Å². The van der Waals surface area contributed by atoms with Crippen molar-refractivity contribution in [3.8, 4) is 11.8 Å². The lowest BCUT2D eigenvalue weighted by molar-refractivity contribution is -0.289. The van der Waals surface area contributed by atoms with Gasteiger partial charge in [0.05, 0.1) is 12.2 Å². The van der Waals surface area contributed by atoms with Crippen LogP contribution in [0.3, 0.4) is 0 Å². The zero-order chi connectivity index (χ0) is 23.3. The number of rotatable bonds is 8. The van der Waals surface area contributed by atoms with Gasteiger partial charge in [-0.2, -0.15) is 0 Å². The summed E-state index contributed by atoms with van der Waals surface area (Å²) in [6.07, 6.45) is 11.6. The van der Waals surface area contributed by atoms with Crippen molar-refractivity contribution >= 4 is 0 Å². The van der Waals surface area contributed by atoms with Crippen molar-refractivity contribution < 1.29 is 28.8 Å². The summed E-state index contributed by atoms with van der Waals surface area (Å²) in [7, 11) is 0. The fourth-order valence-corrected chi connectivity index (χ4v) is 5.57. The van der Waals surface area contributed by atoms with Crippen molar-refractivity contribution in [2.24, 2.45) is 17.3 Å². The quantitative estimate of drug-likeness (QED) is 0.422. The SMILES string of the molecule is CC#CCC(C)(C)C/C=C/[C@@H]1[C@H]2CC(O)O[C@H]2C[C@H]1OC1OCCC[C@H]1OC1CCCCO1. The average molecular weight is 463 g/mol. The van der Waals surface area contributed by atoms with E-state index in [9.17, 15) is 5.11 Å². The van der Waals surface area contributed by atoms with E-state index in [1.54, 1.807) is 0 Å². The maximum absolute atomic E-state index is 10.1. The Bertz CT molecular complexity index is 703. The summed E-state index contributed by atoms with van der Waals surface area (Å²) in [5.41, 5.74) is 0.130. The third kappa shape index (κ3) is 6.81. The molecule has 0 bridgehead atoms. The van der Waals surface area contributed by atoms with Crippen LogP contribution in [-0.2, 0) is 23.7 Å². The highest BCUT2D eigenvalue weighted by molar-refractivity contribution is 5.07. The van der Waals surface area contributed by atoms with E-state index in [4.69, 9.17) is 23.7 Å². The Kier molecular flexibility index (Phi) is 8.89. The lowest BCUT2D eigenvalue weighted by Crippen LogP contribution is -2.44. The molecule has 3 aliphatic heterocycles. The fourth-order valence-electron chi connectivity index (χ4n) is 5.57. The molecule has 4 rings (SSSR count). The van der Waals surface area contributed by atoms with Crippen LogP contribution in [0.5, 0.6) is 0 Å². The lowest BCUT2D eigenvalue weighted by Gasteiger charge is -2.37. The minimum Gasteiger partial charge on any atom is -0.368 e. The van der Waals surface area contributed by atoms with Gasteiger partial charge in [-0.3, -0.25) is 0 Å². The maximum Gasteiger partial charge on any atom is 0.184 e. The van der Waals surface area contributed by atoms with Gasteiger partial charge in [0.2, 0.25) is 0 Å². The van der Waals surface area contributed by atoms with Crippen molar-refractivity contribution in [3.63, 3.8) is 0 Å². The Morgan fingerprint density at radius 3 is 2.67 bits per heavy atom. The van der Waals surface area contributed by atoms with Crippen LogP contribution >= 0.6 is 0 Å². The van der Waals surface area contributed by atoms with Gasteiger partial charge in [0.1, 0.15) is 6.10 Å². The summed E-state index contributed by atoms with van der Waals surface area (Å²) in [5.74, 6) is 6.67. The van der Waals surface area contributed by atoms with Crippen LogP contribution in [0.2, 0.25) is 0 Å². The van der Waals surface area contributed by atoms with Crippen LogP contribution in [0.25, 0.3) is 0 Å². The average Bonchev–Trinajstić information content (AvgIpc) is 3.30. The molecule has 1 N–H and O–H groups in total. The molecule has 3 saturated heterocycles. The first kappa shape index (κ1) is 25.2. The van der Waals surface area contributed by atoms with E-state index >= 15 is 0 Å². The number of ether oxygens (including phenoxy) is 5. The van der Waals surface area contributed by atoms with Crippen LogP contribution in [0.1, 0.15) is 78.6 Å². The highest BCUT2D eigenvalue weighted by atomic mass is 16.7. The number of fused-ring (bicyclic) bond motifs is 1. The van der Waals surface area contributed by atoms with Gasteiger partial charge >= 0.3 is 0 Å². The number of hydrogen-bond acceptors (Lipinski definition) is 6. The standard InChI is InChI=1S/C27H42O6/c1-4-5-13-27(2,3)14-8-10-19-20-17-24(28)31-23(20)18-22(19)33-26-21(11-9-16-30-26)32-25-12-6-7-15-29-25/h8,10,19-26,28H,6-7,9,11-18H2,1-3H3/b10-8+/t19-,20-,21-,22-,23+,24?,25?,26?/m1/s1. The molecule has 8 atom stereocenters. The monoisotopic (exact) mass is 462 g/mol. The Hall–Kier alpha value is -0.940. The number of hydrogen-bond donors (Lipinski definition) is 1. The highest BCUT2D eigenvalue weighted by Crippen LogP contribution is 2.46. The predicted molar refractivity (Wildman–Crippen MR) is 125 cm³/mol. The number of allylic oxidation sites excluding steroid dienone is 1. The van der Waals surface area contributed by atoms with Crippen LogP contribution in [-0.4, -0.2) is 55.5 Å². The summed E-state index contributed by atoms with van der Waals surface area (Å²) in [4.78, 5) is 0. The molecule has 0 aromatic carbocycles. The second-order valence-electron chi connectivity index (χ2n) is 10.8. The van der Waals surface area contributed by atoms with Crippen molar-refractivity contribution in [2.75, 3.05) is 13.2 Å². The van der Waals surface area contributed by atoms with Gasteiger partial charge in [0.25, 0.3) is 0 Å². The molecule has 0 amide bonds. The summed E-state index contributed by atoms with van der Waals surface area (Å²) in [6, 6.07) is 0. The number of aliphatic hydroxyl groups is 1. The minimum absolute atomic E-state index is 0.0104. The van der Waals surface area contributed by atoms with E-state index in [0.717, 1.165) is 58.0 Å². The van der Waals surface area contributed by atoms with Gasteiger partial charge in [0.15, 0.2) is 18.9 Å². The molecule has 0 spiro atoms. The molecule has 3 unspecified atom stereocenters. The first-order valence-corrected chi connectivity index (χ1v) is 12.9. The summed E-state index contributed by atoms with van der Waals surface area (Å²) in [6.45, 7) is 7.85. The summed E-state index contributed by atoms with van der Waals surface area (Å²) in [5, 5.41) is 10.1. The van der Waals surface area contributed by atoms with Crippen LogP contribution < -0.4 is 0 Å². The molecule has 3 heterocycles. The third-order valence-corrected chi connectivity index (χ3v) is 7.44. The fraction of sp³-hybridized carbons (Fsp3) is 0.852. The first-order chi connectivity index (χ1) is 15.9. The molecule has 0 aromatic heterocycles. The zero-order valence-electron chi connectivity index (χ0n) is 20.5. The summed E-state index contributed by atoms with van der Waals surface area (Å²) < 4.78 is 30.6. The van der Waals surface area contributed by atoms with E-state index in [1.807, 2.05) is 6.92 Å². The van der Waals surface area contributed by atoms with E-state index in [-0.39, 0.29) is 48.1 Å². The molecule has 4 fully saturated rings. The van der Waals surface area contributed by atoms with Gasteiger partial charge in [-0.25, -0.2) is 0 Å². The van der Waals surface area contributed by atoms with Gasteiger partial charge in [-0.15, -0.1) is 11.8 Å². The van der Waals surface area contributed by atoms with Gasteiger partial charge in [0, 0.05) is 38.4 Å². The Morgan fingerprint density at radius 2 is 1.88 bits per heavy atom. The molecule has 186 valence electrons. The van der Waals surface area contributed by atoms with Gasteiger partial charge in [-0.05, 0) is 56.8 Å². The van der Waals surface area contributed by atoms with E-state index < -0.39 is 6.29 Å². The van der Waals surface area contributed by atoms with E-state index in [1.165, 1.54) is 0 Å². The van der Waals surface area contributed by atoms with Crippen molar-refractivity contribution in [3.05, 3.63) is 12.2 Å². The lowest BCUT2D eigenvalue weighted by atomic mass is 9.84. The third-order valence-electron chi connectivity index (χ3n) is 7.44. The molecule has 0 radical (unpaired) electrons. The zero-order valence-corrected chi connectivity index (χ0v) is 20.5. The van der Waals surface area contributed by atoms with E-state index in [0.29, 0.717) is 13.0 Å². The topological polar surface area (TPSA) is 66.4 Å². The van der Waals surface area contributed by atoms with Crippen molar-refractivity contribution in [2.45, 2.75) is 116 Å². The van der Waals surface area contributed by atoms with Crippen LogP contribution in [0.4, 0.5) is 0 Å². The second-order valence-corrected chi connectivity index (χ2v) is 10.8. The first-order valence-electron chi connectivity index (χ1n) is 12.9. The van der Waals surface area contributed by atoms with Crippen molar-refractivity contribution in [1.29, 1.82) is 0 Å². The molecular formula is C27H42O6. The molecule has 33 heavy (non-hydrogen) atoms. The highest BCUT2D eigenvalue weighted by Gasteiger charge is 2.50. The number of aliphatic hydroxyl groups excluding tert-OH is 1. The Morgan fingerprint density at radius 1 is 1.03 bits per heavy atom.